The lowest BCUT2D eigenvalue weighted by Crippen LogP contribution is -2.33. The summed E-state index contributed by atoms with van der Waals surface area (Å²) in [4.78, 5) is 23.3. The Bertz CT molecular complexity index is 1180. The highest BCUT2D eigenvalue weighted by atomic mass is 16.5. The highest BCUT2D eigenvalue weighted by Crippen LogP contribution is 2.26. The Labute approximate surface area is 220 Å². The first-order chi connectivity index (χ1) is 17.6. The van der Waals surface area contributed by atoms with Crippen molar-refractivity contribution in [1.82, 2.24) is 5.32 Å². The second-order valence-corrected chi connectivity index (χ2v) is 8.89. The third-order valence-corrected chi connectivity index (χ3v) is 6.33. The minimum absolute atomic E-state index is 0. The van der Waals surface area contributed by atoms with E-state index >= 15 is 0 Å². The molecule has 0 aliphatic heterocycles. The Balaban J connectivity index is 0.000000415. The molecule has 0 saturated carbocycles. The molecular weight excluding hydrogens is 470 g/mol. The van der Waals surface area contributed by atoms with E-state index < -0.39 is 17.9 Å². The first kappa shape index (κ1) is 29.4. The van der Waals surface area contributed by atoms with Crippen LogP contribution in [0.5, 0.6) is 11.5 Å². The number of carboxylic acid groups (broad SMARTS) is 1. The van der Waals surface area contributed by atoms with Crippen LogP contribution >= 0.6 is 0 Å². The van der Waals surface area contributed by atoms with E-state index in [1.807, 2.05) is 81.4 Å². The number of aryl methyl sites for hydroxylation is 2. The standard InChI is InChI=1S/C19H23NO3.C11H14O3.H2/c1-13-9-10-16(11-18(13)23-3)14(2)19(22)20-17(12-21)15-7-5-4-6-8-15;1-7-4-5-9(6-10(7)14-3)8(2)11(12)13;/h4-11,14,17,21H,12H2,1-3H3,(H,20,22);4-6,8H,1-3H3,(H,12,13);1H/t14-,17?;8-;/m00./s1/i;;1+1. The fraction of sp³-hybridized carbons (Fsp3) is 0.333. The van der Waals surface area contributed by atoms with Crippen LogP contribution in [0.15, 0.2) is 66.7 Å². The first-order valence-electron chi connectivity index (χ1n) is 12.1. The molecule has 0 aliphatic carbocycles. The molecule has 0 heterocycles. The number of benzene rings is 3. The molecule has 0 spiro atoms. The number of ether oxygens (including phenoxy) is 2. The average Bonchev–Trinajstić information content (AvgIpc) is 2.92. The Morgan fingerprint density at radius 2 is 1.30 bits per heavy atom. The van der Waals surface area contributed by atoms with Gasteiger partial charge in [0.05, 0.1) is 38.7 Å². The van der Waals surface area contributed by atoms with Gasteiger partial charge >= 0.3 is 5.97 Å². The van der Waals surface area contributed by atoms with Crippen LogP contribution in [-0.2, 0) is 9.59 Å². The maximum Gasteiger partial charge on any atom is 0.310 e. The molecule has 0 saturated heterocycles. The fourth-order valence-corrected chi connectivity index (χ4v) is 3.72. The van der Waals surface area contributed by atoms with E-state index in [2.05, 4.69) is 5.32 Å². The number of hydrogen-bond acceptors (Lipinski definition) is 5. The van der Waals surface area contributed by atoms with Gasteiger partial charge in [0.15, 0.2) is 0 Å². The summed E-state index contributed by atoms with van der Waals surface area (Å²) in [6.07, 6.45) is 0. The molecule has 7 nitrogen and oxygen atoms in total. The molecule has 7 heteroatoms. The van der Waals surface area contributed by atoms with E-state index in [0.717, 1.165) is 39.3 Å². The zero-order chi connectivity index (χ0) is 27.5. The van der Waals surface area contributed by atoms with Crippen LogP contribution in [-0.4, -0.2) is 42.9 Å². The van der Waals surface area contributed by atoms with Crippen molar-refractivity contribution in [2.24, 2.45) is 0 Å². The van der Waals surface area contributed by atoms with E-state index in [9.17, 15) is 14.7 Å². The summed E-state index contributed by atoms with van der Waals surface area (Å²) in [7, 11) is 3.20. The lowest BCUT2D eigenvalue weighted by atomic mass is 9.97. The molecule has 3 atom stereocenters. The molecule has 3 aromatic rings. The van der Waals surface area contributed by atoms with Crippen LogP contribution in [0.3, 0.4) is 0 Å². The third-order valence-electron chi connectivity index (χ3n) is 6.33. The Morgan fingerprint density at radius 1 is 0.811 bits per heavy atom. The van der Waals surface area contributed by atoms with Crippen LogP contribution < -0.4 is 14.8 Å². The van der Waals surface area contributed by atoms with Crippen LogP contribution in [0, 0.1) is 13.8 Å². The van der Waals surface area contributed by atoms with E-state index in [4.69, 9.17) is 14.6 Å². The summed E-state index contributed by atoms with van der Waals surface area (Å²) < 4.78 is 10.4. The number of hydrogen-bond donors (Lipinski definition) is 3. The largest absolute Gasteiger partial charge is 0.496 e. The highest BCUT2D eigenvalue weighted by molar-refractivity contribution is 5.83. The molecule has 3 N–H and O–H groups in total. The molecule has 0 radical (unpaired) electrons. The van der Waals surface area contributed by atoms with E-state index in [1.54, 1.807) is 27.2 Å². The lowest BCUT2D eigenvalue weighted by Gasteiger charge is -2.20. The molecule has 1 amide bonds. The number of nitrogens with one attached hydrogen (secondary N) is 1. The summed E-state index contributed by atoms with van der Waals surface area (Å²) >= 11 is 0. The van der Waals surface area contributed by atoms with Crippen molar-refractivity contribution in [3.05, 3.63) is 94.5 Å². The summed E-state index contributed by atoms with van der Waals surface area (Å²) in [5.41, 5.74) is 4.57. The Hall–Kier alpha value is -3.84. The van der Waals surface area contributed by atoms with Gasteiger partial charge in [0, 0.05) is 1.43 Å². The van der Waals surface area contributed by atoms with Crippen molar-refractivity contribution in [3.63, 3.8) is 0 Å². The van der Waals surface area contributed by atoms with Crippen molar-refractivity contribution in [2.75, 3.05) is 20.8 Å². The zero-order valence-corrected chi connectivity index (χ0v) is 22.3. The van der Waals surface area contributed by atoms with Crippen LogP contribution in [0.4, 0.5) is 0 Å². The molecule has 3 aromatic carbocycles. The lowest BCUT2D eigenvalue weighted by molar-refractivity contribution is -0.138. The summed E-state index contributed by atoms with van der Waals surface area (Å²) in [6.45, 7) is 7.25. The van der Waals surface area contributed by atoms with Gasteiger partial charge in [0.25, 0.3) is 0 Å². The van der Waals surface area contributed by atoms with Crippen molar-refractivity contribution in [1.29, 1.82) is 0 Å². The first-order valence-corrected chi connectivity index (χ1v) is 12.1. The molecule has 200 valence electrons. The van der Waals surface area contributed by atoms with Gasteiger partial charge in [-0.2, -0.15) is 0 Å². The number of amides is 1. The van der Waals surface area contributed by atoms with Crippen molar-refractivity contribution < 1.29 is 30.7 Å². The smallest absolute Gasteiger partial charge is 0.310 e. The van der Waals surface area contributed by atoms with E-state index in [1.165, 1.54) is 0 Å². The van der Waals surface area contributed by atoms with Crippen molar-refractivity contribution >= 4 is 11.9 Å². The van der Waals surface area contributed by atoms with Gasteiger partial charge < -0.3 is 25.0 Å². The predicted octanol–water partition coefficient (Wildman–Crippen LogP) is 5.39. The van der Waals surface area contributed by atoms with Gasteiger partial charge in [-0.25, -0.2) is 0 Å². The SMILES string of the molecule is COc1cc([C@H](C)C(=O)NC(CO)c2ccccc2)ccc1C.COc1cc([C@H](C)C(=O)O)ccc1C.[2HH]. The summed E-state index contributed by atoms with van der Waals surface area (Å²) in [6, 6.07) is 20.3. The molecular formula is C30H39NO6. The molecule has 37 heavy (non-hydrogen) atoms. The van der Waals surface area contributed by atoms with Gasteiger partial charge in [-0.1, -0.05) is 54.6 Å². The third kappa shape index (κ3) is 8.08. The number of methoxy groups -OCH3 is 2. The van der Waals surface area contributed by atoms with Crippen LogP contribution in [0.2, 0.25) is 0 Å². The normalized spacial score (nSPS) is 12.8. The maximum absolute atomic E-state index is 12.5. The Morgan fingerprint density at radius 3 is 1.73 bits per heavy atom. The summed E-state index contributed by atoms with van der Waals surface area (Å²) in [5, 5.41) is 21.3. The van der Waals surface area contributed by atoms with Gasteiger partial charge in [0.1, 0.15) is 11.5 Å². The van der Waals surface area contributed by atoms with Crippen molar-refractivity contribution in [2.45, 2.75) is 45.6 Å². The molecule has 1 unspecified atom stereocenters. The van der Waals surface area contributed by atoms with Crippen molar-refractivity contribution in [3.8, 4) is 11.5 Å². The van der Waals surface area contributed by atoms with Gasteiger partial charge in [0.2, 0.25) is 5.91 Å². The second-order valence-electron chi connectivity index (χ2n) is 8.89. The van der Waals surface area contributed by atoms with E-state index in [-0.39, 0.29) is 19.9 Å². The topological polar surface area (TPSA) is 105 Å². The minimum Gasteiger partial charge on any atom is -0.496 e. The molecule has 0 bridgehead atoms. The highest BCUT2D eigenvalue weighted by Gasteiger charge is 2.20. The predicted molar refractivity (Wildman–Crippen MR) is 146 cm³/mol. The quantitative estimate of drug-likeness (QED) is 0.356. The number of aliphatic hydroxyl groups excluding tert-OH is 1. The van der Waals surface area contributed by atoms with Crippen LogP contribution in [0.1, 0.15) is 61.0 Å². The maximum atomic E-state index is 12.5. The number of carbonyl (C=O) groups excluding carboxylic acids is 1. The van der Waals surface area contributed by atoms with Gasteiger partial charge in [-0.05, 0) is 67.6 Å². The molecule has 0 fully saturated rings. The number of carbonyl (C=O) groups is 2. The number of carboxylic acids is 1. The van der Waals surface area contributed by atoms with Gasteiger partial charge in [-0.15, -0.1) is 0 Å². The molecule has 0 aliphatic rings. The molecule has 0 aromatic heterocycles. The Kier molecular flexibility index (Phi) is 11.2. The number of aliphatic hydroxyl groups is 1. The fourth-order valence-electron chi connectivity index (χ4n) is 3.72. The monoisotopic (exact) mass is 510 g/mol. The minimum atomic E-state index is -0.823. The van der Waals surface area contributed by atoms with Gasteiger partial charge in [-0.3, -0.25) is 9.59 Å². The zero-order valence-electron chi connectivity index (χ0n) is 22.3. The number of aliphatic carboxylic acids is 1. The molecule has 3 rings (SSSR count). The van der Waals surface area contributed by atoms with Crippen LogP contribution in [0.25, 0.3) is 0 Å². The van der Waals surface area contributed by atoms with E-state index in [0.29, 0.717) is 0 Å². The average molecular weight is 511 g/mol. The number of rotatable bonds is 9. The summed E-state index contributed by atoms with van der Waals surface area (Å²) in [5.74, 6) is -0.277. The second kappa shape index (κ2) is 14.0.